The Morgan fingerprint density at radius 1 is 1.16 bits per heavy atom. The molecule has 9 heteroatoms. The Hall–Kier alpha value is -2.62. The van der Waals surface area contributed by atoms with Crippen LogP contribution in [0.5, 0.6) is 5.75 Å². The molecule has 2 rings (SSSR count). The van der Waals surface area contributed by atoms with E-state index in [2.05, 4.69) is 10.0 Å². The fourth-order valence-electron chi connectivity index (χ4n) is 3.12. The Morgan fingerprint density at radius 2 is 1.81 bits per heavy atom. The summed E-state index contributed by atoms with van der Waals surface area (Å²) < 4.78 is 25.0. The second-order valence-corrected chi connectivity index (χ2v) is 9.73. The van der Waals surface area contributed by atoms with E-state index in [0.717, 1.165) is 11.8 Å². The summed E-state index contributed by atoms with van der Waals surface area (Å²) in [6, 6.07) is 11.5. The second-order valence-electron chi connectivity index (χ2n) is 7.98. The highest BCUT2D eigenvalue weighted by atomic mass is 32.2. The first kappa shape index (κ1) is 26.4. The van der Waals surface area contributed by atoms with Gasteiger partial charge in [0.15, 0.2) is 0 Å². The summed E-state index contributed by atoms with van der Waals surface area (Å²) in [4.78, 5) is 10.8. The molecular weight excluding hydrogens is 420 g/mol. The lowest BCUT2D eigenvalue weighted by atomic mass is 9.93. The third-order valence-corrected chi connectivity index (χ3v) is 5.05. The number of carboxylic acids is 1. The summed E-state index contributed by atoms with van der Waals surface area (Å²) in [6.07, 6.45) is 0.485. The van der Waals surface area contributed by atoms with E-state index in [4.69, 9.17) is 0 Å². The summed E-state index contributed by atoms with van der Waals surface area (Å²) in [5, 5.41) is 34.4. The Balaban J connectivity index is 0.00000480. The lowest BCUT2D eigenvalue weighted by molar-refractivity contribution is -0.304. The van der Waals surface area contributed by atoms with E-state index in [0.29, 0.717) is 17.5 Å². The van der Waals surface area contributed by atoms with Gasteiger partial charge in [-0.1, -0.05) is 37.8 Å². The lowest BCUT2D eigenvalue weighted by Gasteiger charge is -2.28. The number of sulfonamides is 1. The van der Waals surface area contributed by atoms with Crippen molar-refractivity contribution in [3.63, 3.8) is 0 Å². The molecule has 1 atom stereocenters. The third kappa shape index (κ3) is 8.95. The van der Waals surface area contributed by atoms with Gasteiger partial charge in [0.1, 0.15) is 5.75 Å². The Bertz CT molecular complexity index is 1000. The fourth-order valence-corrected chi connectivity index (χ4v) is 3.69. The summed E-state index contributed by atoms with van der Waals surface area (Å²) >= 11 is 0. The molecule has 0 amide bonds. The molecule has 4 N–H and O–H groups in total. The molecule has 0 spiro atoms. The number of aliphatic hydroxyl groups excluding tert-OH is 1. The molecule has 0 aromatic heterocycles. The first-order valence-corrected chi connectivity index (χ1v) is 11.3. The number of hydrogen-bond donors (Lipinski definition) is 4. The van der Waals surface area contributed by atoms with Crippen molar-refractivity contribution in [1.29, 1.82) is 0 Å². The number of aromatic hydroxyl groups is 1. The van der Waals surface area contributed by atoms with Crippen LogP contribution in [0.25, 0.3) is 0 Å². The minimum Gasteiger partial charge on any atom is -0.550 e. The molecule has 0 bridgehead atoms. The molecule has 31 heavy (non-hydrogen) atoms. The van der Waals surface area contributed by atoms with Gasteiger partial charge in [-0.2, -0.15) is 0 Å². The van der Waals surface area contributed by atoms with Gasteiger partial charge < -0.3 is 25.4 Å². The van der Waals surface area contributed by atoms with Crippen LogP contribution in [0.4, 0.5) is 5.69 Å². The average molecular weight is 452 g/mol. The van der Waals surface area contributed by atoms with Crippen molar-refractivity contribution in [2.24, 2.45) is 0 Å². The van der Waals surface area contributed by atoms with E-state index < -0.39 is 27.6 Å². The van der Waals surface area contributed by atoms with Gasteiger partial charge in [-0.25, -0.2) is 8.42 Å². The van der Waals surface area contributed by atoms with Gasteiger partial charge in [0.2, 0.25) is 10.0 Å². The van der Waals surface area contributed by atoms with Crippen LogP contribution in [0.15, 0.2) is 42.5 Å². The maximum absolute atomic E-state index is 11.4. The zero-order valence-electron chi connectivity index (χ0n) is 17.2. The molecular formula is C22H31N2O6S-. The number of phenols is 1. The number of carboxylic acid groups (broad SMARTS) is 1. The van der Waals surface area contributed by atoms with Gasteiger partial charge in [-0.15, -0.1) is 0 Å². The second kappa shape index (κ2) is 10.6. The van der Waals surface area contributed by atoms with E-state index in [-0.39, 0.29) is 31.8 Å². The molecule has 0 aliphatic rings. The van der Waals surface area contributed by atoms with Crippen LogP contribution < -0.4 is 15.1 Å². The average Bonchev–Trinajstić information content (AvgIpc) is 2.60. The summed E-state index contributed by atoms with van der Waals surface area (Å²) in [7, 11) is -3.57. The first-order chi connectivity index (χ1) is 13.8. The Labute approximate surface area is 184 Å². The quantitative estimate of drug-likeness (QED) is 0.400. The Morgan fingerprint density at radius 3 is 2.42 bits per heavy atom. The molecule has 0 saturated carbocycles. The maximum Gasteiger partial charge on any atom is 0.229 e. The highest BCUT2D eigenvalue weighted by Gasteiger charge is 2.21. The van der Waals surface area contributed by atoms with Crippen LogP contribution in [0.1, 0.15) is 44.1 Å². The van der Waals surface area contributed by atoms with Gasteiger partial charge in [0.25, 0.3) is 0 Å². The van der Waals surface area contributed by atoms with E-state index in [1.165, 1.54) is 18.2 Å². The minimum absolute atomic E-state index is 0. The number of aliphatic hydroxyl groups is 1. The van der Waals surface area contributed by atoms with Crippen LogP contribution in [-0.4, -0.2) is 42.9 Å². The zero-order chi connectivity index (χ0) is 22.5. The maximum atomic E-state index is 11.4. The van der Waals surface area contributed by atoms with E-state index >= 15 is 0 Å². The number of rotatable bonds is 10. The molecule has 0 fully saturated rings. The van der Waals surface area contributed by atoms with Crippen molar-refractivity contribution < 1.29 is 28.5 Å². The predicted octanol–water partition coefficient (Wildman–Crippen LogP) is 1.34. The molecule has 2 aromatic rings. The van der Waals surface area contributed by atoms with E-state index in [1.54, 1.807) is 12.1 Å². The number of anilines is 1. The summed E-state index contributed by atoms with van der Waals surface area (Å²) in [5.74, 6) is -1.37. The number of nitrogens with one attached hydrogen (secondary N) is 2. The van der Waals surface area contributed by atoms with E-state index in [1.807, 2.05) is 26.0 Å². The van der Waals surface area contributed by atoms with Gasteiger partial charge in [0, 0.05) is 24.5 Å². The van der Waals surface area contributed by atoms with Crippen molar-refractivity contribution in [3.8, 4) is 5.75 Å². The van der Waals surface area contributed by atoms with Gasteiger partial charge in [-0.05, 0) is 49.1 Å². The molecule has 0 unspecified atom stereocenters. The normalized spacial score (nSPS) is 12.6. The third-order valence-electron chi connectivity index (χ3n) is 4.46. The van der Waals surface area contributed by atoms with E-state index in [9.17, 15) is 28.5 Å². The molecule has 2 aromatic carbocycles. The monoisotopic (exact) mass is 451 g/mol. The molecule has 0 aliphatic carbocycles. The first-order valence-electron chi connectivity index (χ1n) is 9.36. The number of β-amino-alcohol motifs (C(OH)–C–C–N with tert-alkyl or cyclic N) is 1. The molecule has 0 aliphatic heterocycles. The number of phenolic OH excluding ortho intramolecular Hbond substituents is 1. The number of carbonyl (C=O) groups excluding carboxylic acids is 1. The van der Waals surface area contributed by atoms with Crippen molar-refractivity contribution in [2.45, 2.75) is 45.8 Å². The van der Waals surface area contributed by atoms with Crippen LogP contribution in [0.3, 0.4) is 0 Å². The van der Waals surface area contributed by atoms with Crippen molar-refractivity contribution in [1.82, 2.24) is 5.32 Å². The van der Waals surface area contributed by atoms with Crippen molar-refractivity contribution >= 4 is 21.7 Å². The number of carbonyl (C=O) groups is 1. The summed E-state index contributed by atoms with van der Waals surface area (Å²) in [5.41, 5.74) is 1.64. The molecule has 0 saturated heterocycles. The van der Waals surface area contributed by atoms with Crippen LogP contribution >= 0.6 is 0 Å². The van der Waals surface area contributed by atoms with Crippen molar-refractivity contribution in [2.75, 3.05) is 17.5 Å². The predicted molar refractivity (Wildman–Crippen MR) is 119 cm³/mol. The summed E-state index contributed by atoms with van der Waals surface area (Å²) in [6.45, 7) is 4.10. The van der Waals surface area contributed by atoms with Gasteiger partial charge >= 0.3 is 0 Å². The molecule has 0 radical (unpaired) electrons. The highest BCUT2D eigenvalue weighted by molar-refractivity contribution is 7.92. The van der Waals surface area contributed by atoms with Crippen LogP contribution in [-0.2, 0) is 27.7 Å². The molecule has 172 valence electrons. The largest absolute Gasteiger partial charge is 0.550 e. The smallest absolute Gasteiger partial charge is 0.229 e. The number of hydrogen-bond acceptors (Lipinski definition) is 7. The zero-order valence-corrected chi connectivity index (χ0v) is 18.0. The molecule has 0 heterocycles. The van der Waals surface area contributed by atoms with Crippen LogP contribution in [0.2, 0.25) is 0 Å². The van der Waals surface area contributed by atoms with Gasteiger partial charge in [-0.3, -0.25) is 4.72 Å². The Kier molecular flexibility index (Phi) is 9.04. The standard InChI is InChI=1S/C21H28N2O6S.CH4/c1-21(2,12-15-6-4-5-14(9-15)10-20(26)27)22-13-19(25)16-7-8-18(24)17(11-16)23-30(3,28)29;/h4-9,11,19,22-25H,10,12-13H2,1-3H3,(H,26,27);1H4/p-1/t19-;/m0./s1. The number of benzene rings is 2. The fraction of sp³-hybridized carbons (Fsp3) is 0.409. The topological polar surface area (TPSA) is 139 Å². The SMILES string of the molecule is C.CC(C)(Cc1cccc(CC(=O)[O-])c1)NC[C@H](O)c1ccc(O)c(NS(C)(=O)=O)c1. The van der Waals surface area contributed by atoms with Crippen LogP contribution in [0, 0.1) is 0 Å². The minimum atomic E-state index is -3.57. The van der Waals surface area contributed by atoms with Crippen molar-refractivity contribution in [3.05, 3.63) is 59.2 Å². The van der Waals surface area contributed by atoms with Gasteiger partial charge in [0.05, 0.1) is 18.0 Å². The molecule has 8 nitrogen and oxygen atoms in total. The number of aliphatic carboxylic acids is 1. The highest BCUT2D eigenvalue weighted by Crippen LogP contribution is 2.28. The lowest BCUT2D eigenvalue weighted by Crippen LogP contribution is -2.43.